The SMILES string of the molecule is C=CC(=O)OCOc1ccc(C(=O)Oc2ccc(-c3ccc(OCC(C)OCCCCCC)cc3)cc2)cc1. The molecule has 0 spiro atoms. The number of esters is 2. The van der Waals surface area contributed by atoms with Gasteiger partial charge in [0.25, 0.3) is 0 Å². The van der Waals surface area contributed by atoms with Gasteiger partial charge in [0.1, 0.15) is 23.9 Å². The van der Waals surface area contributed by atoms with Crippen LogP contribution in [0.5, 0.6) is 17.2 Å². The van der Waals surface area contributed by atoms with Crippen LogP contribution in [0.1, 0.15) is 49.9 Å². The molecule has 0 aromatic heterocycles. The zero-order valence-corrected chi connectivity index (χ0v) is 22.6. The van der Waals surface area contributed by atoms with E-state index < -0.39 is 11.9 Å². The highest BCUT2D eigenvalue weighted by Gasteiger charge is 2.10. The van der Waals surface area contributed by atoms with Gasteiger partial charge in [-0.05, 0) is 73.0 Å². The van der Waals surface area contributed by atoms with E-state index in [2.05, 4.69) is 13.5 Å². The van der Waals surface area contributed by atoms with Gasteiger partial charge in [0.05, 0.1) is 11.7 Å². The maximum Gasteiger partial charge on any atom is 0.343 e. The highest BCUT2D eigenvalue weighted by atomic mass is 16.7. The van der Waals surface area contributed by atoms with E-state index in [0.717, 1.165) is 36.0 Å². The number of carbonyl (C=O) groups excluding carboxylic acids is 2. The molecule has 0 saturated carbocycles. The summed E-state index contributed by atoms with van der Waals surface area (Å²) in [6, 6.07) is 21.5. The monoisotopic (exact) mass is 532 g/mol. The highest BCUT2D eigenvalue weighted by Crippen LogP contribution is 2.25. The van der Waals surface area contributed by atoms with Crippen LogP contribution in [0, 0.1) is 0 Å². The van der Waals surface area contributed by atoms with Crippen LogP contribution >= 0.6 is 0 Å². The predicted molar refractivity (Wildman–Crippen MR) is 150 cm³/mol. The second-order valence-electron chi connectivity index (χ2n) is 8.95. The molecule has 0 aliphatic heterocycles. The Labute approximate surface area is 230 Å². The van der Waals surface area contributed by atoms with E-state index >= 15 is 0 Å². The van der Waals surface area contributed by atoms with E-state index in [1.165, 1.54) is 19.3 Å². The number of hydrogen-bond acceptors (Lipinski definition) is 7. The number of rotatable bonds is 16. The molecular formula is C32H36O7. The summed E-state index contributed by atoms with van der Waals surface area (Å²) in [5.74, 6) is 0.605. The van der Waals surface area contributed by atoms with Crippen LogP contribution in [0.2, 0.25) is 0 Å². The molecule has 3 rings (SSSR count). The average Bonchev–Trinajstić information content (AvgIpc) is 2.97. The van der Waals surface area contributed by atoms with E-state index in [9.17, 15) is 9.59 Å². The number of carbonyl (C=O) groups is 2. The van der Waals surface area contributed by atoms with Crippen molar-refractivity contribution in [2.24, 2.45) is 0 Å². The lowest BCUT2D eigenvalue weighted by atomic mass is 10.1. The normalized spacial score (nSPS) is 11.3. The average molecular weight is 533 g/mol. The van der Waals surface area contributed by atoms with Crippen LogP contribution in [0.3, 0.4) is 0 Å². The van der Waals surface area contributed by atoms with Crippen molar-refractivity contribution in [2.45, 2.75) is 45.6 Å². The Morgan fingerprint density at radius 1 is 0.795 bits per heavy atom. The standard InChI is InChI=1S/C32H36O7/c1-4-6-7-8-21-35-24(3)22-36-28-15-9-25(10-16-28)26-11-19-30(20-12-26)39-32(34)27-13-17-29(18-14-27)37-23-38-31(33)5-2/h5,9-20,24H,2,4,6-8,21-23H2,1,3H3. The summed E-state index contributed by atoms with van der Waals surface area (Å²) in [6.45, 7) is 8.57. The molecule has 1 atom stereocenters. The molecule has 0 heterocycles. The van der Waals surface area contributed by atoms with Crippen molar-refractivity contribution >= 4 is 11.9 Å². The first kappa shape index (κ1) is 29.5. The third-order valence-electron chi connectivity index (χ3n) is 5.82. The highest BCUT2D eigenvalue weighted by molar-refractivity contribution is 5.91. The first-order valence-corrected chi connectivity index (χ1v) is 13.2. The van der Waals surface area contributed by atoms with Crippen LogP contribution < -0.4 is 14.2 Å². The Morgan fingerprint density at radius 3 is 2.00 bits per heavy atom. The Bertz CT molecular complexity index is 1170. The summed E-state index contributed by atoms with van der Waals surface area (Å²) in [5.41, 5.74) is 2.37. The van der Waals surface area contributed by atoms with Gasteiger partial charge in [-0.25, -0.2) is 9.59 Å². The molecule has 206 valence electrons. The maximum absolute atomic E-state index is 12.5. The van der Waals surface area contributed by atoms with E-state index in [-0.39, 0.29) is 12.9 Å². The van der Waals surface area contributed by atoms with Gasteiger partial charge in [-0.2, -0.15) is 0 Å². The summed E-state index contributed by atoms with van der Waals surface area (Å²) in [5, 5.41) is 0. The molecule has 0 N–H and O–H groups in total. The summed E-state index contributed by atoms with van der Waals surface area (Å²) >= 11 is 0. The van der Waals surface area contributed by atoms with Gasteiger partial charge in [-0.3, -0.25) is 0 Å². The molecule has 1 unspecified atom stereocenters. The summed E-state index contributed by atoms with van der Waals surface area (Å²) in [6.07, 6.45) is 5.86. The van der Waals surface area contributed by atoms with Gasteiger partial charge in [0, 0.05) is 12.7 Å². The first-order valence-electron chi connectivity index (χ1n) is 13.2. The number of ether oxygens (including phenoxy) is 5. The lowest BCUT2D eigenvalue weighted by molar-refractivity contribution is -0.144. The molecule has 3 aromatic carbocycles. The second-order valence-corrected chi connectivity index (χ2v) is 8.95. The third-order valence-corrected chi connectivity index (χ3v) is 5.82. The Morgan fingerprint density at radius 2 is 1.38 bits per heavy atom. The molecule has 0 saturated heterocycles. The molecule has 0 aliphatic rings. The van der Waals surface area contributed by atoms with Gasteiger partial charge in [-0.1, -0.05) is 57.0 Å². The van der Waals surface area contributed by atoms with Gasteiger partial charge in [0.2, 0.25) is 6.79 Å². The smallest absolute Gasteiger partial charge is 0.343 e. The van der Waals surface area contributed by atoms with Crippen molar-refractivity contribution in [3.05, 3.63) is 91.0 Å². The van der Waals surface area contributed by atoms with Crippen molar-refractivity contribution in [2.75, 3.05) is 20.0 Å². The van der Waals surface area contributed by atoms with Crippen molar-refractivity contribution < 1.29 is 33.3 Å². The summed E-state index contributed by atoms with van der Waals surface area (Å²) in [4.78, 5) is 23.5. The van der Waals surface area contributed by atoms with Gasteiger partial charge in [-0.15, -0.1) is 0 Å². The fraction of sp³-hybridized carbons (Fsp3) is 0.312. The molecule has 39 heavy (non-hydrogen) atoms. The molecule has 0 amide bonds. The van der Waals surface area contributed by atoms with Crippen molar-refractivity contribution in [3.63, 3.8) is 0 Å². The third kappa shape index (κ3) is 10.3. The van der Waals surface area contributed by atoms with Crippen LogP contribution in [0.15, 0.2) is 85.5 Å². The van der Waals surface area contributed by atoms with E-state index in [4.69, 9.17) is 23.7 Å². The number of unbranched alkanes of at least 4 members (excludes halogenated alkanes) is 3. The van der Waals surface area contributed by atoms with Gasteiger partial charge >= 0.3 is 11.9 Å². The number of benzene rings is 3. The summed E-state index contributed by atoms with van der Waals surface area (Å²) < 4.78 is 27.2. The molecule has 0 radical (unpaired) electrons. The zero-order valence-electron chi connectivity index (χ0n) is 22.6. The summed E-state index contributed by atoms with van der Waals surface area (Å²) in [7, 11) is 0. The minimum Gasteiger partial charge on any atom is -0.491 e. The first-order chi connectivity index (χ1) is 19.0. The molecule has 0 fully saturated rings. The number of hydrogen-bond donors (Lipinski definition) is 0. The lowest BCUT2D eigenvalue weighted by Gasteiger charge is -2.14. The van der Waals surface area contributed by atoms with E-state index in [1.807, 2.05) is 43.3 Å². The quantitative estimate of drug-likeness (QED) is 0.0646. The minimum absolute atomic E-state index is 0.0433. The topological polar surface area (TPSA) is 80.3 Å². The van der Waals surface area contributed by atoms with Crippen molar-refractivity contribution in [1.82, 2.24) is 0 Å². The van der Waals surface area contributed by atoms with Crippen LogP contribution in [-0.2, 0) is 14.3 Å². The Hall–Kier alpha value is -4.10. The van der Waals surface area contributed by atoms with Gasteiger partial charge < -0.3 is 23.7 Å². The van der Waals surface area contributed by atoms with Crippen LogP contribution in [0.4, 0.5) is 0 Å². The molecule has 0 aliphatic carbocycles. The fourth-order valence-electron chi connectivity index (χ4n) is 3.60. The fourth-order valence-corrected chi connectivity index (χ4v) is 3.60. The lowest BCUT2D eigenvalue weighted by Crippen LogP contribution is -2.18. The Kier molecular flexibility index (Phi) is 12.1. The van der Waals surface area contributed by atoms with E-state index in [1.54, 1.807) is 36.4 Å². The van der Waals surface area contributed by atoms with Crippen molar-refractivity contribution in [3.8, 4) is 28.4 Å². The molecule has 3 aromatic rings. The molecule has 7 nitrogen and oxygen atoms in total. The zero-order chi connectivity index (χ0) is 27.9. The van der Waals surface area contributed by atoms with Crippen molar-refractivity contribution in [1.29, 1.82) is 0 Å². The molecule has 7 heteroatoms. The second kappa shape index (κ2) is 16.0. The Balaban J connectivity index is 1.44. The maximum atomic E-state index is 12.5. The minimum atomic E-state index is -0.577. The largest absolute Gasteiger partial charge is 0.491 e. The molecular weight excluding hydrogens is 496 g/mol. The van der Waals surface area contributed by atoms with Crippen LogP contribution in [0.25, 0.3) is 11.1 Å². The predicted octanol–water partition coefficient (Wildman–Crippen LogP) is 7.00. The van der Waals surface area contributed by atoms with E-state index in [0.29, 0.717) is 23.7 Å². The van der Waals surface area contributed by atoms with Crippen LogP contribution in [-0.4, -0.2) is 38.0 Å². The molecule has 0 bridgehead atoms. The van der Waals surface area contributed by atoms with Gasteiger partial charge in [0.15, 0.2) is 0 Å².